The minimum Gasteiger partial charge on any atom is -0.448 e. The largest absolute Gasteiger partial charge is 0.448 e. The number of hydrogen-bond donors (Lipinski definition) is 0. The summed E-state index contributed by atoms with van der Waals surface area (Å²) in [6, 6.07) is 27.2. The Morgan fingerprint density at radius 2 is 1.49 bits per heavy atom. The van der Waals surface area contributed by atoms with E-state index >= 15 is 0 Å². The topological polar surface area (TPSA) is 29.5 Å². The molecule has 6 heteroatoms. The van der Waals surface area contributed by atoms with E-state index in [0.717, 1.165) is 24.0 Å². The normalized spacial score (nSPS) is 28.4. The van der Waals surface area contributed by atoms with Gasteiger partial charge in [-0.25, -0.2) is 4.79 Å². The van der Waals surface area contributed by atoms with Crippen LogP contribution in [0.15, 0.2) is 78.9 Å². The Labute approximate surface area is 242 Å². The maximum atomic E-state index is 12.9. The first kappa shape index (κ1) is 26.7. The van der Waals surface area contributed by atoms with Gasteiger partial charge in [-0.2, -0.15) is 0 Å². The first-order valence-corrected chi connectivity index (χ1v) is 15.0. The second kappa shape index (κ2) is 10.8. The predicted octanol–water partition coefficient (Wildman–Crippen LogP) is 7.62. The van der Waals surface area contributed by atoms with Crippen LogP contribution in [-0.4, -0.2) is 54.8 Å². The molecule has 3 aromatic rings. The van der Waals surface area contributed by atoms with Gasteiger partial charge < -0.3 is 14.1 Å². The van der Waals surface area contributed by atoms with E-state index in [-0.39, 0.29) is 11.5 Å². The molecule has 0 N–H and O–H groups in total. The minimum atomic E-state index is -0.325. The molecule has 4 saturated heterocycles. The number of piperidine rings is 3. The summed E-state index contributed by atoms with van der Waals surface area (Å²) in [5, 5.41) is 1.10. The SMILES string of the molecule is O=C1OCC(CCC[N+]23CCC(c4ccccc4)(CC2)CC3)(c2ccc(Cl)c(Cl)c2)CN1Cc1ccccc1. The Kier molecular flexibility index (Phi) is 7.39. The zero-order valence-corrected chi connectivity index (χ0v) is 24.0. The van der Waals surface area contributed by atoms with Crippen LogP contribution in [0.1, 0.15) is 48.8 Å². The van der Waals surface area contributed by atoms with Gasteiger partial charge in [0.15, 0.2) is 0 Å². The van der Waals surface area contributed by atoms with Crippen molar-refractivity contribution in [1.29, 1.82) is 0 Å². The van der Waals surface area contributed by atoms with E-state index in [1.165, 1.54) is 55.5 Å². The maximum absolute atomic E-state index is 12.9. The number of benzene rings is 3. The third-order valence-corrected chi connectivity index (χ3v) is 10.6. The fourth-order valence-corrected chi connectivity index (χ4v) is 7.66. The number of carbonyl (C=O) groups excluding carboxylic acids is 1. The highest BCUT2D eigenvalue weighted by molar-refractivity contribution is 6.42. The lowest BCUT2D eigenvalue weighted by Gasteiger charge is -2.55. The second-order valence-corrected chi connectivity index (χ2v) is 12.9. The predicted molar refractivity (Wildman–Crippen MR) is 157 cm³/mol. The molecule has 1 unspecified atom stereocenters. The molecule has 0 saturated carbocycles. The Morgan fingerprint density at radius 3 is 2.15 bits per heavy atom. The number of carbonyl (C=O) groups is 1. The molecule has 7 rings (SSSR count). The molecule has 1 amide bonds. The van der Waals surface area contributed by atoms with Crippen molar-refractivity contribution in [3.63, 3.8) is 0 Å². The smallest absolute Gasteiger partial charge is 0.410 e. The van der Waals surface area contributed by atoms with Crippen LogP contribution in [0.4, 0.5) is 4.79 Å². The number of rotatable bonds is 8. The van der Waals surface area contributed by atoms with Crippen LogP contribution < -0.4 is 0 Å². The van der Waals surface area contributed by atoms with E-state index in [0.29, 0.717) is 35.2 Å². The lowest BCUT2D eigenvalue weighted by molar-refractivity contribution is -0.943. The average Bonchev–Trinajstić information content (AvgIpc) is 2.98. The highest BCUT2D eigenvalue weighted by Gasteiger charge is 2.50. The number of quaternary nitrogens is 1. The van der Waals surface area contributed by atoms with Gasteiger partial charge >= 0.3 is 6.09 Å². The first-order valence-electron chi connectivity index (χ1n) is 14.2. The van der Waals surface area contributed by atoms with Crippen molar-refractivity contribution in [1.82, 2.24) is 4.90 Å². The van der Waals surface area contributed by atoms with E-state index in [4.69, 9.17) is 27.9 Å². The van der Waals surface area contributed by atoms with E-state index in [9.17, 15) is 4.79 Å². The minimum absolute atomic E-state index is 0.249. The Hall–Kier alpha value is -2.53. The number of hydrogen-bond acceptors (Lipinski definition) is 2. The molecule has 0 spiro atoms. The maximum Gasteiger partial charge on any atom is 0.410 e. The molecular weight excluding hydrogens is 527 g/mol. The van der Waals surface area contributed by atoms with Crippen LogP contribution in [0.5, 0.6) is 0 Å². The summed E-state index contributed by atoms with van der Waals surface area (Å²) >= 11 is 12.8. The molecule has 0 aliphatic carbocycles. The fourth-order valence-electron chi connectivity index (χ4n) is 7.36. The van der Waals surface area contributed by atoms with Crippen LogP contribution >= 0.6 is 23.2 Å². The molecule has 4 fully saturated rings. The lowest BCUT2D eigenvalue weighted by Crippen LogP contribution is -2.63. The third kappa shape index (κ3) is 5.31. The summed E-state index contributed by atoms with van der Waals surface area (Å²) in [7, 11) is 0. The van der Waals surface area contributed by atoms with Crippen LogP contribution in [-0.2, 0) is 22.1 Å². The molecule has 4 aliphatic heterocycles. The van der Waals surface area contributed by atoms with Gasteiger partial charge in [-0.05, 0) is 41.7 Å². The van der Waals surface area contributed by atoms with Gasteiger partial charge in [0, 0.05) is 43.2 Å². The van der Waals surface area contributed by atoms with Crippen LogP contribution in [0.2, 0.25) is 10.0 Å². The average molecular weight is 565 g/mol. The highest BCUT2D eigenvalue weighted by Crippen LogP contribution is 2.46. The van der Waals surface area contributed by atoms with E-state index in [1.807, 2.05) is 35.2 Å². The molecule has 1 atom stereocenters. The molecule has 0 radical (unpaired) electrons. The first-order chi connectivity index (χ1) is 18.9. The number of fused-ring (bicyclic) bond motifs is 3. The van der Waals surface area contributed by atoms with E-state index < -0.39 is 0 Å². The number of cyclic esters (lactones) is 1. The molecule has 4 aliphatic rings. The molecule has 2 bridgehead atoms. The van der Waals surface area contributed by atoms with Crippen molar-refractivity contribution >= 4 is 29.3 Å². The van der Waals surface area contributed by atoms with Gasteiger partial charge in [0.1, 0.15) is 6.61 Å². The lowest BCUT2D eigenvalue weighted by atomic mass is 9.66. The fraction of sp³-hybridized carbons (Fsp3) is 0.424. The quantitative estimate of drug-likeness (QED) is 0.264. The van der Waals surface area contributed by atoms with Gasteiger partial charge in [-0.3, -0.25) is 0 Å². The Bertz CT molecular complexity index is 1290. The van der Waals surface area contributed by atoms with Crippen molar-refractivity contribution in [2.75, 3.05) is 39.3 Å². The van der Waals surface area contributed by atoms with Gasteiger partial charge in [0.2, 0.25) is 0 Å². The van der Waals surface area contributed by atoms with E-state index in [1.54, 1.807) is 0 Å². The second-order valence-electron chi connectivity index (χ2n) is 12.0. The van der Waals surface area contributed by atoms with Gasteiger partial charge in [-0.15, -0.1) is 0 Å². The highest BCUT2D eigenvalue weighted by atomic mass is 35.5. The van der Waals surface area contributed by atoms with Crippen LogP contribution in [0, 0.1) is 0 Å². The Morgan fingerprint density at radius 1 is 0.821 bits per heavy atom. The number of nitrogens with zero attached hydrogens (tertiary/aromatic N) is 2. The number of amides is 1. The molecule has 3 aromatic carbocycles. The monoisotopic (exact) mass is 563 g/mol. The summed E-state index contributed by atoms with van der Waals surface area (Å²) in [5.41, 5.74) is 3.78. The number of halogens is 2. The molecule has 4 nitrogen and oxygen atoms in total. The molecule has 4 heterocycles. The molecule has 39 heavy (non-hydrogen) atoms. The van der Waals surface area contributed by atoms with Crippen molar-refractivity contribution < 1.29 is 14.0 Å². The summed E-state index contributed by atoms with van der Waals surface area (Å²) in [6.45, 7) is 6.43. The zero-order chi connectivity index (χ0) is 26.9. The van der Waals surface area contributed by atoms with Gasteiger partial charge in [0.05, 0.1) is 36.2 Å². The molecule has 204 valence electrons. The zero-order valence-electron chi connectivity index (χ0n) is 22.5. The summed E-state index contributed by atoms with van der Waals surface area (Å²) in [6.07, 6.45) is 5.59. The van der Waals surface area contributed by atoms with Crippen molar-refractivity contribution in [3.05, 3.63) is 106 Å². The number of ether oxygens (including phenoxy) is 1. The Balaban J connectivity index is 1.18. The molecular formula is C33H37Cl2N2O2+. The van der Waals surface area contributed by atoms with Crippen LogP contribution in [0.3, 0.4) is 0 Å². The van der Waals surface area contributed by atoms with Crippen LogP contribution in [0.25, 0.3) is 0 Å². The van der Waals surface area contributed by atoms with Gasteiger partial charge in [-0.1, -0.05) is 89.9 Å². The molecule has 0 aromatic heterocycles. The van der Waals surface area contributed by atoms with E-state index in [2.05, 4.69) is 48.5 Å². The van der Waals surface area contributed by atoms with Gasteiger partial charge in [0.25, 0.3) is 0 Å². The third-order valence-electron chi connectivity index (χ3n) is 9.84. The van der Waals surface area contributed by atoms with Crippen molar-refractivity contribution in [2.24, 2.45) is 0 Å². The summed E-state index contributed by atoms with van der Waals surface area (Å²) < 4.78 is 7.09. The van der Waals surface area contributed by atoms with Crippen molar-refractivity contribution in [3.8, 4) is 0 Å². The standard InChI is InChI=1S/C33H37Cl2N2O2/c34-29-13-12-28(22-30(29)35)33(24-36(31(38)39-25-33)23-26-8-3-1-4-9-26)14-7-18-37-19-15-32(16-20-37,17-21-37)27-10-5-2-6-11-27/h1-6,8-13,22H,7,14-21,23-25H2/q+1. The van der Waals surface area contributed by atoms with Crippen molar-refractivity contribution in [2.45, 2.75) is 49.5 Å². The summed E-state index contributed by atoms with van der Waals surface area (Å²) in [5.74, 6) is 0. The summed E-state index contributed by atoms with van der Waals surface area (Å²) in [4.78, 5) is 14.7.